The molecule has 0 bridgehead atoms. The van der Waals surface area contributed by atoms with Crippen LogP contribution >= 0.6 is 40.7 Å². The van der Waals surface area contributed by atoms with E-state index >= 15 is 0 Å². The van der Waals surface area contributed by atoms with Gasteiger partial charge in [-0.05, 0) is 99.8 Å². The van der Waals surface area contributed by atoms with Crippen molar-refractivity contribution in [3.05, 3.63) is 34.4 Å². The first-order valence-corrected chi connectivity index (χ1v) is 13.7. The zero-order valence-corrected chi connectivity index (χ0v) is 23.0. The standard InChI is InChI=1S/C27H40BrN3.2ClH/c28-21-8-15-27-25(16-21)26(18-31(27)17-19-4-2-1-3-5-19)20-6-11-23(12-7-20)30-24-13-9-22(29)10-14-24;;/h8,15-16,18-20,22-24,30H,1-7,9-14,17,29H2;2*1H. The van der Waals surface area contributed by atoms with E-state index in [1.165, 1.54) is 105 Å². The molecule has 3 N–H and O–H groups in total. The molecule has 0 radical (unpaired) electrons. The summed E-state index contributed by atoms with van der Waals surface area (Å²) in [5, 5.41) is 5.48. The second kappa shape index (κ2) is 12.6. The number of aromatic nitrogens is 1. The molecule has 0 saturated heterocycles. The first-order chi connectivity index (χ1) is 15.2. The van der Waals surface area contributed by atoms with Gasteiger partial charge in [-0.3, -0.25) is 0 Å². The smallest absolute Gasteiger partial charge is 0.0484 e. The number of nitrogens with one attached hydrogen (secondary N) is 1. The van der Waals surface area contributed by atoms with Crippen LogP contribution in [0.3, 0.4) is 0 Å². The van der Waals surface area contributed by atoms with Crippen molar-refractivity contribution in [1.29, 1.82) is 0 Å². The summed E-state index contributed by atoms with van der Waals surface area (Å²) in [4.78, 5) is 0. The second-order valence-corrected chi connectivity index (χ2v) is 11.6. The van der Waals surface area contributed by atoms with E-state index in [2.05, 4.69) is 50.2 Å². The van der Waals surface area contributed by atoms with Crippen LogP contribution in [0.5, 0.6) is 0 Å². The third kappa shape index (κ3) is 6.70. The Morgan fingerprint density at radius 1 is 0.848 bits per heavy atom. The molecule has 1 aromatic carbocycles. The lowest BCUT2D eigenvalue weighted by molar-refractivity contribution is 0.268. The Morgan fingerprint density at radius 2 is 1.48 bits per heavy atom. The molecule has 0 spiro atoms. The first kappa shape index (κ1) is 27.3. The Hall–Kier alpha value is -0.260. The average molecular weight is 559 g/mol. The minimum atomic E-state index is 0. The molecular weight excluding hydrogens is 517 g/mol. The first-order valence-electron chi connectivity index (χ1n) is 13.0. The van der Waals surface area contributed by atoms with Crippen LogP contribution in [0.1, 0.15) is 95.0 Å². The van der Waals surface area contributed by atoms with Crippen molar-refractivity contribution in [2.75, 3.05) is 0 Å². The Bertz CT molecular complexity index is 864. The molecule has 33 heavy (non-hydrogen) atoms. The summed E-state index contributed by atoms with van der Waals surface area (Å²) in [6.07, 6.45) is 19.8. The molecule has 3 aliphatic rings. The largest absolute Gasteiger partial charge is 0.347 e. The topological polar surface area (TPSA) is 43.0 Å². The normalized spacial score (nSPS) is 28.8. The minimum Gasteiger partial charge on any atom is -0.347 e. The van der Waals surface area contributed by atoms with Gasteiger partial charge in [-0.1, -0.05) is 35.2 Å². The lowest BCUT2D eigenvalue weighted by Gasteiger charge is -2.34. The van der Waals surface area contributed by atoms with Gasteiger partial charge in [-0.2, -0.15) is 0 Å². The summed E-state index contributed by atoms with van der Waals surface area (Å²) < 4.78 is 3.81. The molecule has 6 heteroatoms. The minimum absolute atomic E-state index is 0. The Labute approximate surface area is 221 Å². The summed E-state index contributed by atoms with van der Waals surface area (Å²) in [7, 11) is 0. The summed E-state index contributed by atoms with van der Waals surface area (Å²) in [6.45, 7) is 1.21. The fourth-order valence-corrected chi connectivity index (χ4v) is 6.97. The molecule has 0 aliphatic heterocycles. The maximum absolute atomic E-state index is 6.10. The Balaban J connectivity index is 0.00000153. The molecule has 0 amide bonds. The fourth-order valence-electron chi connectivity index (χ4n) is 6.61. The Kier molecular flexibility index (Phi) is 10.5. The zero-order chi connectivity index (χ0) is 21.2. The van der Waals surface area contributed by atoms with Gasteiger partial charge in [0.05, 0.1) is 0 Å². The van der Waals surface area contributed by atoms with Gasteiger partial charge in [0.1, 0.15) is 0 Å². The van der Waals surface area contributed by atoms with Gasteiger partial charge in [0, 0.05) is 46.2 Å². The molecule has 1 aromatic heterocycles. The van der Waals surface area contributed by atoms with Crippen molar-refractivity contribution in [2.45, 2.75) is 114 Å². The maximum Gasteiger partial charge on any atom is 0.0484 e. The monoisotopic (exact) mass is 557 g/mol. The predicted octanol–water partition coefficient (Wildman–Crippen LogP) is 7.71. The molecule has 186 valence electrons. The van der Waals surface area contributed by atoms with Crippen LogP contribution in [0.25, 0.3) is 10.9 Å². The van der Waals surface area contributed by atoms with Gasteiger partial charge >= 0.3 is 0 Å². The summed E-state index contributed by atoms with van der Waals surface area (Å²) in [5.74, 6) is 1.58. The third-order valence-corrected chi connectivity index (χ3v) is 8.96. The highest BCUT2D eigenvalue weighted by molar-refractivity contribution is 9.10. The molecule has 3 saturated carbocycles. The zero-order valence-electron chi connectivity index (χ0n) is 19.8. The van der Waals surface area contributed by atoms with Gasteiger partial charge in [-0.15, -0.1) is 24.8 Å². The van der Waals surface area contributed by atoms with Gasteiger partial charge in [0.15, 0.2) is 0 Å². The van der Waals surface area contributed by atoms with E-state index in [1.807, 2.05) is 0 Å². The van der Waals surface area contributed by atoms with Crippen LogP contribution in [0, 0.1) is 5.92 Å². The molecule has 5 rings (SSSR count). The van der Waals surface area contributed by atoms with Crippen molar-refractivity contribution in [1.82, 2.24) is 9.88 Å². The lowest BCUT2D eigenvalue weighted by Crippen LogP contribution is -2.43. The second-order valence-electron chi connectivity index (χ2n) is 10.7. The number of nitrogens with zero attached hydrogens (tertiary/aromatic N) is 1. The SMILES string of the molecule is Cl.Cl.NC1CCC(NC2CCC(c3cn(CC4CCCCC4)c4ccc(Br)cc34)CC2)CC1. The van der Waals surface area contributed by atoms with Crippen LogP contribution in [-0.4, -0.2) is 22.7 Å². The summed E-state index contributed by atoms with van der Waals surface area (Å²) in [5.41, 5.74) is 9.15. The maximum atomic E-state index is 6.10. The molecule has 2 aromatic rings. The molecular formula is C27H42BrCl2N3. The van der Waals surface area contributed by atoms with E-state index in [4.69, 9.17) is 5.73 Å². The van der Waals surface area contributed by atoms with E-state index in [-0.39, 0.29) is 24.8 Å². The number of nitrogens with two attached hydrogens (primary N) is 1. The number of rotatable bonds is 5. The van der Waals surface area contributed by atoms with Crippen molar-refractivity contribution in [3.8, 4) is 0 Å². The molecule has 3 fully saturated rings. The highest BCUT2D eigenvalue weighted by Crippen LogP contribution is 2.39. The van der Waals surface area contributed by atoms with Crippen molar-refractivity contribution in [2.24, 2.45) is 11.7 Å². The van der Waals surface area contributed by atoms with Gasteiger partial charge in [-0.25, -0.2) is 0 Å². The number of hydrogen-bond donors (Lipinski definition) is 2. The van der Waals surface area contributed by atoms with E-state index in [0.29, 0.717) is 24.0 Å². The van der Waals surface area contributed by atoms with Crippen LogP contribution in [0.15, 0.2) is 28.9 Å². The van der Waals surface area contributed by atoms with Crippen LogP contribution in [-0.2, 0) is 6.54 Å². The average Bonchev–Trinajstić information content (AvgIpc) is 3.14. The molecule has 3 aliphatic carbocycles. The molecule has 0 atom stereocenters. The van der Waals surface area contributed by atoms with Crippen molar-refractivity contribution >= 4 is 51.6 Å². The van der Waals surface area contributed by atoms with Crippen LogP contribution < -0.4 is 11.1 Å². The van der Waals surface area contributed by atoms with E-state index < -0.39 is 0 Å². The fraction of sp³-hybridized carbons (Fsp3) is 0.704. The lowest BCUT2D eigenvalue weighted by atomic mass is 9.81. The van der Waals surface area contributed by atoms with Crippen molar-refractivity contribution < 1.29 is 0 Å². The van der Waals surface area contributed by atoms with E-state index in [1.54, 1.807) is 5.56 Å². The van der Waals surface area contributed by atoms with Gasteiger partial charge < -0.3 is 15.6 Å². The number of hydrogen-bond acceptors (Lipinski definition) is 2. The number of benzene rings is 1. The van der Waals surface area contributed by atoms with Crippen molar-refractivity contribution in [3.63, 3.8) is 0 Å². The number of halogens is 3. The van der Waals surface area contributed by atoms with Gasteiger partial charge in [0.2, 0.25) is 0 Å². The summed E-state index contributed by atoms with van der Waals surface area (Å²) in [6, 6.07) is 8.79. The van der Waals surface area contributed by atoms with Crippen LogP contribution in [0.4, 0.5) is 0 Å². The molecule has 0 unspecified atom stereocenters. The summed E-state index contributed by atoms with van der Waals surface area (Å²) >= 11 is 3.74. The van der Waals surface area contributed by atoms with E-state index in [9.17, 15) is 0 Å². The molecule has 3 nitrogen and oxygen atoms in total. The third-order valence-electron chi connectivity index (χ3n) is 8.46. The Morgan fingerprint density at radius 3 is 2.15 bits per heavy atom. The van der Waals surface area contributed by atoms with Gasteiger partial charge in [0.25, 0.3) is 0 Å². The van der Waals surface area contributed by atoms with E-state index in [0.717, 1.165) is 5.92 Å². The number of fused-ring (bicyclic) bond motifs is 1. The molecule has 1 heterocycles. The quantitative estimate of drug-likeness (QED) is 0.394. The predicted molar refractivity (Wildman–Crippen MR) is 149 cm³/mol. The highest BCUT2D eigenvalue weighted by Gasteiger charge is 2.28. The van der Waals surface area contributed by atoms with Crippen LogP contribution in [0.2, 0.25) is 0 Å². The highest BCUT2D eigenvalue weighted by atomic mass is 79.9.